The van der Waals surface area contributed by atoms with Crippen LogP contribution in [0.3, 0.4) is 0 Å². The molecule has 0 heterocycles. The maximum absolute atomic E-state index is 7.69. The average Bonchev–Trinajstić information content (AvgIpc) is 1.37. The maximum atomic E-state index is 7.69. The van der Waals surface area contributed by atoms with Gasteiger partial charge in [-0.3, -0.25) is 0 Å². The Morgan fingerprint density at radius 1 is 1.60 bits per heavy atom. The van der Waals surface area contributed by atoms with E-state index in [-0.39, 0.29) is 18.9 Å². The van der Waals surface area contributed by atoms with Gasteiger partial charge in [0, 0.05) is 22.9 Å². The molecule has 0 aliphatic rings. The van der Waals surface area contributed by atoms with E-state index >= 15 is 0 Å². The van der Waals surface area contributed by atoms with Crippen LogP contribution in [0.4, 0.5) is 0 Å². The zero-order valence-corrected chi connectivity index (χ0v) is 5.14. The number of rotatable bonds is 0. The van der Waals surface area contributed by atoms with E-state index in [4.69, 9.17) is 5.11 Å². The van der Waals surface area contributed by atoms with Crippen molar-refractivity contribution in [1.29, 1.82) is 0 Å². The topological polar surface area (TPSA) is 20.2 Å². The molecule has 0 aromatic heterocycles. The van der Waals surface area contributed by atoms with Crippen molar-refractivity contribution in [3.05, 3.63) is 10.3 Å². The molecule has 0 aliphatic carbocycles. The average molecular weight is 177 g/mol. The SMILES string of the molecule is OC=CI.[Li]. The van der Waals surface area contributed by atoms with Crippen LogP contribution in [-0.2, 0) is 0 Å². The molecule has 0 spiro atoms. The van der Waals surface area contributed by atoms with Gasteiger partial charge in [0.25, 0.3) is 0 Å². The minimum Gasteiger partial charge on any atom is -0.515 e. The molecule has 0 atom stereocenters. The largest absolute Gasteiger partial charge is 0.515 e. The van der Waals surface area contributed by atoms with E-state index in [9.17, 15) is 0 Å². The Bertz CT molecular complexity index is 24.8. The Balaban J connectivity index is 0. The second-order valence-corrected chi connectivity index (χ2v) is 0.994. The van der Waals surface area contributed by atoms with E-state index in [1.165, 1.54) is 4.08 Å². The van der Waals surface area contributed by atoms with E-state index in [0.717, 1.165) is 6.26 Å². The molecular formula is C2H3ILiO. The van der Waals surface area contributed by atoms with Crippen LogP contribution >= 0.6 is 22.6 Å². The van der Waals surface area contributed by atoms with E-state index in [1.54, 1.807) is 0 Å². The fourth-order valence-electron chi connectivity index (χ4n) is 0. The number of hydrogen-bond acceptors (Lipinski definition) is 1. The molecule has 0 aliphatic heterocycles. The zero-order chi connectivity index (χ0) is 3.41. The number of aliphatic hydroxyl groups excluding tert-OH is 1. The van der Waals surface area contributed by atoms with Gasteiger partial charge in [-0.25, -0.2) is 0 Å². The third kappa shape index (κ3) is 11.5. The zero-order valence-electron chi connectivity index (χ0n) is 2.98. The Hall–Kier alpha value is 0.867. The minimum atomic E-state index is 0. The summed E-state index contributed by atoms with van der Waals surface area (Å²) in [5, 5.41) is 7.69. The van der Waals surface area contributed by atoms with Crippen molar-refractivity contribution in [1.82, 2.24) is 0 Å². The van der Waals surface area contributed by atoms with Crippen molar-refractivity contribution in [3.63, 3.8) is 0 Å². The van der Waals surface area contributed by atoms with Gasteiger partial charge in [-0.1, -0.05) is 0 Å². The summed E-state index contributed by atoms with van der Waals surface area (Å²) in [5.41, 5.74) is 0. The quantitative estimate of drug-likeness (QED) is 0.333. The van der Waals surface area contributed by atoms with Gasteiger partial charge in [0.05, 0.1) is 6.26 Å². The Morgan fingerprint density at radius 3 is 1.80 bits per heavy atom. The molecule has 0 aromatic carbocycles. The molecule has 0 unspecified atom stereocenters. The van der Waals surface area contributed by atoms with Gasteiger partial charge in [0.1, 0.15) is 0 Å². The molecule has 1 nitrogen and oxygen atoms in total. The van der Waals surface area contributed by atoms with E-state index in [2.05, 4.69) is 0 Å². The molecule has 1 radical (unpaired) electrons. The number of halogens is 1. The predicted octanol–water partition coefficient (Wildman–Crippen LogP) is 1.07. The summed E-state index contributed by atoms with van der Waals surface area (Å²) in [6.45, 7) is 0. The normalized spacial score (nSPS) is 7.40. The fourth-order valence-corrected chi connectivity index (χ4v) is 0. The molecule has 0 amide bonds. The Morgan fingerprint density at radius 2 is 1.80 bits per heavy atom. The monoisotopic (exact) mass is 177 g/mol. The van der Waals surface area contributed by atoms with Crippen LogP contribution in [0.5, 0.6) is 0 Å². The van der Waals surface area contributed by atoms with Crippen LogP contribution in [0.1, 0.15) is 0 Å². The molecule has 0 aromatic rings. The summed E-state index contributed by atoms with van der Waals surface area (Å²) >= 11 is 1.92. The van der Waals surface area contributed by atoms with Crippen molar-refractivity contribution in [2.75, 3.05) is 0 Å². The molecule has 25 valence electrons. The molecular weight excluding hydrogens is 174 g/mol. The third-order valence-electron chi connectivity index (χ3n) is 0.0563. The molecule has 0 rings (SSSR count). The molecule has 0 bridgehead atoms. The molecule has 0 saturated carbocycles. The van der Waals surface area contributed by atoms with Crippen LogP contribution < -0.4 is 0 Å². The molecule has 3 heteroatoms. The van der Waals surface area contributed by atoms with E-state index < -0.39 is 0 Å². The van der Waals surface area contributed by atoms with Crippen molar-refractivity contribution < 1.29 is 5.11 Å². The first kappa shape index (κ1) is 9.29. The van der Waals surface area contributed by atoms with Crippen molar-refractivity contribution in [3.8, 4) is 0 Å². The van der Waals surface area contributed by atoms with Crippen LogP contribution in [0.2, 0.25) is 0 Å². The van der Waals surface area contributed by atoms with Gasteiger partial charge in [0.2, 0.25) is 0 Å². The van der Waals surface area contributed by atoms with Gasteiger partial charge >= 0.3 is 0 Å². The first-order chi connectivity index (χ1) is 1.91. The minimum absolute atomic E-state index is 0. The van der Waals surface area contributed by atoms with E-state index in [0.29, 0.717) is 0 Å². The fraction of sp³-hybridized carbons (Fsp3) is 0. The predicted molar refractivity (Wildman–Crippen MR) is 31.5 cm³/mol. The van der Waals surface area contributed by atoms with Crippen molar-refractivity contribution >= 4 is 41.5 Å². The Kier molecular flexibility index (Phi) is 16.5. The second-order valence-electron chi connectivity index (χ2n) is 0.275. The van der Waals surface area contributed by atoms with Gasteiger partial charge in [0.15, 0.2) is 0 Å². The smallest absolute Gasteiger partial charge is 0.0852 e. The van der Waals surface area contributed by atoms with Crippen LogP contribution in [0, 0.1) is 0 Å². The standard InChI is InChI=1S/C2H3IO.Li/c3-1-2-4;/h1-2,4H;. The summed E-state index contributed by atoms with van der Waals surface area (Å²) in [7, 11) is 0. The summed E-state index contributed by atoms with van der Waals surface area (Å²) in [6, 6.07) is 0. The van der Waals surface area contributed by atoms with Crippen LogP contribution in [0.15, 0.2) is 10.3 Å². The summed E-state index contributed by atoms with van der Waals surface area (Å²) < 4.78 is 1.53. The van der Waals surface area contributed by atoms with Gasteiger partial charge in [-0.2, -0.15) is 0 Å². The summed E-state index contributed by atoms with van der Waals surface area (Å²) in [6.07, 6.45) is 0.987. The van der Waals surface area contributed by atoms with Crippen LogP contribution in [0.25, 0.3) is 0 Å². The van der Waals surface area contributed by atoms with Gasteiger partial charge in [-0.15, -0.1) is 0 Å². The van der Waals surface area contributed by atoms with Gasteiger partial charge < -0.3 is 5.11 Å². The Labute approximate surface area is 56.8 Å². The first-order valence-corrected chi connectivity index (χ1v) is 2.06. The number of aliphatic hydroxyl groups is 1. The van der Waals surface area contributed by atoms with Gasteiger partial charge in [-0.05, 0) is 22.6 Å². The first-order valence-electron chi connectivity index (χ1n) is 0.810. The summed E-state index contributed by atoms with van der Waals surface area (Å²) in [5.74, 6) is 0. The molecule has 0 saturated heterocycles. The van der Waals surface area contributed by atoms with Crippen molar-refractivity contribution in [2.24, 2.45) is 0 Å². The van der Waals surface area contributed by atoms with Crippen LogP contribution in [-0.4, -0.2) is 24.0 Å². The molecule has 0 fully saturated rings. The van der Waals surface area contributed by atoms with E-state index in [1.807, 2.05) is 22.6 Å². The summed E-state index contributed by atoms with van der Waals surface area (Å²) in [4.78, 5) is 0. The second kappa shape index (κ2) is 8.85. The molecule has 1 N–H and O–H groups in total. The van der Waals surface area contributed by atoms with Crippen molar-refractivity contribution in [2.45, 2.75) is 0 Å². The molecule has 5 heavy (non-hydrogen) atoms. The number of hydrogen-bond donors (Lipinski definition) is 1. The maximum Gasteiger partial charge on any atom is 0.0852 e. The third-order valence-corrected chi connectivity index (χ3v) is 0.378.